The fourth-order valence-electron chi connectivity index (χ4n) is 4.19. The molecule has 4 rings (SSSR count). The number of carbonyl (C=O) groups is 1. The summed E-state index contributed by atoms with van der Waals surface area (Å²) in [5.41, 5.74) is 1.74. The normalized spacial score (nSPS) is 15.8. The van der Waals surface area contributed by atoms with Gasteiger partial charge in [-0.3, -0.25) is 9.78 Å². The van der Waals surface area contributed by atoms with Gasteiger partial charge >= 0.3 is 0 Å². The number of piperidine rings is 1. The van der Waals surface area contributed by atoms with Crippen molar-refractivity contribution in [1.82, 2.24) is 20.0 Å². The second-order valence-corrected chi connectivity index (χ2v) is 7.81. The number of amides is 1. The summed E-state index contributed by atoms with van der Waals surface area (Å²) in [6.07, 6.45) is 7.32. The number of rotatable bonds is 8. The maximum atomic E-state index is 13.0. The molecule has 1 saturated heterocycles. The lowest BCUT2D eigenvalue weighted by molar-refractivity contribution is -0.135. The first-order chi connectivity index (χ1) is 16.1. The molecule has 174 valence electrons. The molecule has 0 aliphatic carbocycles. The molecule has 1 aliphatic rings. The molecule has 33 heavy (non-hydrogen) atoms. The Bertz CT molecular complexity index is 1060. The summed E-state index contributed by atoms with van der Waals surface area (Å²) in [7, 11) is 4.64. The Labute approximate surface area is 192 Å². The predicted molar refractivity (Wildman–Crippen MR) is 120 cm³/mol. The smallest absolute Gasteiger partial charge is 0.227 e. The van der Waals surface area contributed by atoms with Gasteiger partial charge in [0.1, 0.15) is 0 Å². The minimum atomic E-state index is 0.0671. The van der Waals surface area contributed by atoms with Crippen molar-refractivity contribution in [3.63, 3.8) is 0 Å². The average Bonchev–Trinajstić information content (AvgIpc) is 3.36. The van der Waals surface area contributed by atoms with Crippen LogP contribution in [0.25, 0.3) is 11.4 Å². The third kappa shape index (κ3) is 4.92. The van der Waals surface area contributed by atoms with E-state index in [2.05, 4.69) is 15.1 Å². The highest BCUT2D eigenvalue weighted by Crippen LogP contribution is 2.40. The van der Waals surface area contributed by atoms with Crippen LogP contribution < -0.4 is 14.2 Å². The Morgan fingerprint density at radius 3 is 2.61 bits per heavy atom. The van der Waals surface area contributed by atoms with E-state index in [1.807, 2.05) is 23.2 Å². The fourth-order valence-corrected chi connectivity index (χ4v) is 4.19. The van der Waals surface area contributed by atoms with Gasteiger partial charge < -0.3 is 23.6 Å². The summed E-state index contributed by atoms with van der Waals surface area (Å²) in [6, 6.07) is 7.53. The minimum absolute atomic E-state index is 0.0671. The van der Waals surface area contributed by atoms with E-state index in [4.69, 9.17) is 18.7 Å². The van der Waals surface area contributed by atoms with Gasteiger partial charge in [-0.1, -0.05) is 11.2 Å². The van der Waals surface area contributed by atoms with Crippen LogP contribution in [0.15, 0.2) is 41.2 Å². The highest BCUT2D eigenvalue weighted by atomic mass is 16.5. The minimum Gasteiger partial charge on any atom is -0.493 e. The molecule has 1 atom stereocenters. The van der Waals surface area contributed by atoms with Crippen molar-refractivity contribution in [2.45, 2.75) is 38.1 Å². The number of ether oxygens (including phenoxy) is 3. The Kier molecular flexibility index (Phi) is 7.07. The van der Waals surface area contributed by atoms with Gasteiger partial charge in [-0.2, -0.15) is 4.98 Å². The first-order valence-corrected chi connectivity index (χ1v) is 11.0. The van der Waals surface area contributed by atoms with E-state index in [1.54, 1.807) is 39.7 Å². The monoisotopic (exact) mass is 452 g/mol. The van der Waals surface area contributed by atoms with Crippen molar-refractivity contribution in [2.24, 2.45) is 0 Å². The van der Waals surface area contributed by atoms with Crippen LogP contribution in [0.4, 0.5) is 0 Å². The van der Waals surface area contributed by atoms with Gasteiger partial charge in [-0.25, -0.2) is 0 Å². The molecule has 9 heteroatoms. The first kappa shape index (κ1) is 22.6. The Balaban J connectivity index is 1.45. The number of hydrogen-bond donors (Lipinski definition) is 0. The second-order valence-electron chi connectivity index (χ2n) is 7.81. The SMILES string of the molecule is COc1cc(-c2noc(CCC(=O)N3CCCCC3c3cccnc3)n2)cc(OC)c1OC. The van der Waals surface area contributed by atoms with E-state index in [1.165, 1.54) is 0 Å². The zero-order valence-electron chi connectivity index (χ0n) is 19.1. The molecular weight excluding hydrogens is 424 g/mol. The molecule has 0 spiro atoms. The van der Waals surface area contributed by atoms with E-state index < -0.39 is 0 Å². The number of methoxy groups -OCH3 is 3. The van der Waals surface area contributed by atoms with Gasteiger partial charge in [0.2, 0.25) is 23.4 Å². The number of benzene rings is 1. The lowest BCUT2D eigenvalue weighted by atomic mass is 9.96. The molecule has 0 saturated carbocycles. The number of aromatic nitrogens is 3. The third-order valence-corrected chi connectivity index (χ3v) is 5.84. The number of hydrogen-bond acceptors (Lipinski definition) is 8. The molecule has 0 radical (unpaired) electrons. The summed E-state index contributed by atoms with van der Waals surface area (Å²) in [4.78, 5) is 23.7. The van der Waals surface area contributed by atoms with E-state index in [0.717, 1.165) is 31.4 Å². The standard InChI is InChI=1S/C24H28N4O5/c1-30-19-13-17(14-20(31-2)23(19)32-3)24-26-21(33-27-24)9-10-22(29)28-12-5-4-8-18(28)16-7-6-11-25-15-16/h6-7,11,13-15,18H,4-5,8-10,12H2,1-3H3. The van der Waals surface area contributed by atoms with Crippen LogP contribution in [-0.4, -0.2) is 53.8 Å². The summed E-state index contributed by atoms with van der Waals surface area (Å²) in [5.74, 6) is 2.36. The van der Waals surface area contributed by atoms with Crippen molar-refractivity contribution in [3.8, 4) is 28.6 Å². The van der Waals surface area contributed by atoms with E-state index in [-0.39, 0.29) is 11.9 Å². The van der Waals surface area contributed by atoms with Crippen LogP contribution >= 0.6 is 0 Å². The molecular formula is C24H28N4O5. The molecule has 2 aromatic heterocycles. The highest BCUT2D eigenvalue weighted by molar-refractivity contribution is 5.77. The Morgan fingerprint density at radius 2 is 1.94 bits per heavy atom. The number of likely N-dealkylation sites (tertiary alicyclic amines) is 1. The molecule has 1 aromatic carbocycles. The lowest BCUT2D eigenvalue weighted by Gasteiger charge is -2.36. The van der Waals surface area contributed by atoms with Crippen LogP contribution in [0, 0.1) is 0 Å². The first-order valence-electron chi connectivity index (χ1n) is 11.0. The van der Waals surface area contributed by atoms with Crippen molar-refractivity contribution in [2.75, 3.05) is 27.9 Å². The maximum absolute atomic E-state index is 13.0. The largest absolute Gasteiger partial charge is 0.493 e. The van der Waals surface area contributed by atoms with Crippen LogP contribution in [0.1, 0.15) is 43.2 Å². The zero-order chi connectivity index (χ0) is 23.2. The van der Waals surface area contributed by atoms with Crippen LogP contribution in [0.2, 0.25) is 0 Å². The van der Waals surface area contributed by atoms with Gasteiger partial charge in [0.25, 0.3) is 0 Å². The number of pyridine rings is 1. The van der Waals surface area contributed by atoms with E-state index >= 15 is 0 Å². The van der Waals surface area contributed by atoms with Crippen LogP contribution in [0.3, 0.4) is 0 Å². The lowest BCUT2D eigenvalue weighted by Crippen LogP contribution is -2.38. The van der Waals surface area contributed by atoms with Gasteiger partial charge in [0, 0.05) is 37.3 Å². The Hall–Kier alpha value is -3.62. The van der Waals surface area contributed by atoms with E-state index in [0.29, 0.717) is 47.4 Å². The van der Waals surface area contributed by atoms with Crippen molar-refractivity contribution in [3.05, 3.63) is 48.1 Å². The molecule has 1 amide bonds. The molecule has 9 nitrogen and oxygen atoms in total. The molecule has 0 bridgehead atoms. The van der Waals surface area contributed by atoms with Crippen molar-refractivity contribution >= 4 is 5.91 Å². The summed E-state index contributed by atoms with van der Waals surface area (Å²) < 4.78 is 21.6. The van der Waals surface area contributed by atoms with Gasteiger partial charge in [0.15, 0.2) is 11.5 Å². The van der Waals surface area contributed by atoms with Gasteiger partial charge in [-0.05, 0) is 43.0 Å². The number of aryl methyl sites for hydroxylation is 1. The summed E-state index contributed by atoms with van der Waals surface area (Å²) >= 11 is 0. The fraction of sp³-hybridized carbons (Fsp3) is 0.417. The zero-order valence-corrected chi connectivity index (χ0v) is 19.1. The molecule has 1 aliphatic heterocycles. The van der Waals surface area contributed by atoms with Crippen LogP contribution in [-0.2, 0) is 11.2 Å². The third-order valence-electron chi connectivity index (χ3n) is 5.84. The van der Waals surface area contributed by atoms with Crippen molar-refractivity contribution in [1.29, 1.82) is 0 Å². The molecule has 1 fully saturated rings. The highest BCUT2D eigenvalue weighted by Gasteiger charge is 2.28. The molecule has 1 unspecified atom stereocenters. The maximum Gasteiger partial charge on any atom is 0.227 e. The number of nitrogens with zero attached hydrogens (tertiary/aromatic N) is 4. The topological polar surface area (TPSA) is 99.8 Å². The number of carbonyl (C=O) groups excluding carboxylic acids is 1. The Morgan fingerprint density at radius 1 is 1.15 bits per heavy atom. The summed E-state index contributed by atoms with van der Waals surface area (Å²) in [6.45, 7) is 0.749. The average molecular weight is 453 g/mol. The quantitative estimate of drug-likeness (QED) is 0.508. The summed E-state index contributed by atoms with van der Waals surface area (Å²) in [5, 5.41) is 4.07. The second kappa shape index (κ2) is 10.3. The molecule has 3 aromatic rings. The van der Waals surface area contributed by atoms with Crippen LogP contribution in [0.5, 0.6) is 17.2 Å². The predicted octanol–water partition coefficient (Wildman–Crippen LogP) is 3.84. The van der Waals surface area contributed by atoms with Gasteiger partial charge in [0.05, 0.1) is 27.4 Å². The van der Waals surface area contributed by atoms with E-state index in [9.17, 15) is 4.79 Å². The van der Waals surface area contributed by atoms with Crippen molar-refractivity contribution < 1.29 is 23.5 Å². The molecule has 0 N–H and O–H groups in total. The molecule has 3 heterocycles. The van der Waals surface area contributed by atoms with Gasteiger partial charge in [-0.15, -0.1) is 0 Å².